The number of rotatable bonds is 6. The Balaban J connectivity index is 1.57. The average molecular weight is 307 g/mol. The maximum absolute atomic E-state index is 13.2. The number of benzene rings is 3. The minimum Gasteiger partial charge on any atom is -0.310 e. The topological polar surface area (TPSA) is 12.0 Å². The van der Waals surface area contributed by atoms with Gasteiger partial charge in [0.1, 0.15) is 5.82 Å². The highest BCUT2D eigenvalue weighted by Crippen LogP contribution is 2.23. The zero-order chi connectivity index (χ0) is 16.1. The van der Waals surface area contributed by atoms with Crippen LogP contribution < -0.4 is 5.32 Å². The van der Waals surface area contributed by atoms with Crippen molar-refractivity contribution in [2.24, 2.45) is 0 Å². The van der Waals surface area contributed by atoms with E-state index >= 15 is 0 Å². The highest BCUT2D eigenvalue weighted by Gasteiger charge is 2.08. The Labute approximate surface area is 137 Å². The fraction of sp³-hybridized carbons (Fsp3) is 0.238. The van der Waals surface area contributed by atoms with Crippen LogP contribution in [0.2, 0.25) is 0 Å². The molecule has 1 unspecified atom stereocenters. The van der Waals surface area contributed by atoms with Gasteiger partial charge in [0.2, 0.25) is 0 Å². The molecule has 0 aliphatic carbocycles. The summed E-state index contributed by atoms with van der Waals surface area (Å²) in [6.07, 6.45) is 1.89. The molecule has 118 valence electrons. The molecule has 3 aromatic rings. The van der Waals surface area contributed by atoms with Crippen LogP contribution in [0.15, 0.2) is 66.7 Å². The Morgan fingerprint density at radius 3 is 2.61 bits per heavy atom. The highest BCUT2D eigenvalue weighted by molar-refractivity contribution is 5.86. The van der Waals surface area contributed by atoms with E-state index in [0.717, 1.165) is 24.9 Å². The molecule has 0 spiro atoms. The van der Waals surface area contributed by atoms with Crippen LogP contribution in [0.25, 0.3) is 10.8 Å². The molecule has 1 N–H and O–H groups in total. The standard InChI is InChI=1S/C21H22FN/c1-16(20-13-5-10-18-9-2-3-12-21(18)20)23-14-6-8-17-7-4-11-19(22)15-17/h2-5,7,9-13,15-16,23H,6,8,14H2,1H3. The predicted octanol–water partition coefficient (Wildman–Crippen LogP) is 5.26. The third-order valence-corrected chi connectivity index (χ3v) is 4.27. The minimum absolute atomic E-state index is 0.153. The van der Waals surface area contributed by atoms with Crippen LogP contribution in [0.5, 0.6) is 0 Å². The zero-order valence-electron chi connectivity index (χ0n) is 13.4. The largest absolute Gasteiger partial charge is 0.310 e. The Morgan fingerprint density at radius 1 is 0.957 bits per heavy atom. The second-order valence-electron chi connectivity index (χ2n) is 5.98. The Hall–Kier alpha value is -2.19. The van der Waals surface area contributed by atoms with E-state index in [1.807, 2.05) is 6.07 Å². The number of hydrogen-bond donors (Lipinski definition) is 1. The van der Waals surface area contributed by atoms with E-state index in [0.29, 0.717) is 6.04 Å². The van der Waals surface area contributed by atoms with Gasteiger partial charge in [0, 0.05) is 6.04 Å². The summed E-state index contributed by atoms with van der Waals surface area (Å²) in [5.41, 5.74) is 2.39. The van der Waals surface area contributed by atoms with Crippen molar-refractivity contribution in [1.29, 1.82) is 0 Å². The fourth-order valence-corrected chi connectivity index (χ4v) is 3.04. The SMILES string of the molecule is CC(NCCCc1cccc(F)c1)c1cccc2ccccc12. The van der Waals surface area contributed by atoms with Crippen LogP contribution in [0.1, 0.15) is 30.5 Å². The van der Waals surface area contributed by atoms with E-state index in [1.54, 1.807) is 12.1 Å². The molecule has 0 saturated carbocycles. The van der Waals surface area contributed by atoms with E-state index in [-0.39, 0.29) is 5.82 Å². The summed E-state index contributed by atoms with van der Waals surface area (Å²) in [7, 11) is 0. The summed E-state index contributed by atoms with van der Waals surface area (Å²) in [6.45, 7) is 3.12. The third kappa shape index (κ3) is 3.96. The van der Waals surface area contributed by atoms with Crippen molar-refractivity contribution in [3.05, 3.63) is 83.7 Å². The van der Waals surface area contributed by atoms with Crippen LogP contribution in [-0.4, -0.2) is 6.54 Å². The van der Waals surface area contributed by atoms with Gasteiger partial charge in [-0.2, -0.15) is 0 Å². The average Bonchev–Trinajstić information content (AvgIpc) is 2.58. The fourth-order valence-electron chi connectivity index (χ4n) is 3.04. The minimum atomic E-state index is -0.153. The first-order valence-electron chi connectivity index (χ1n) is 8.19. The summed E-state index contributed by atoms with van der Waals surface area (Å²) < 4.78 is 13.2. The third-order valence-electron chi connectivity index (χ3n) is 4.27. The summed E-state index contributed by atoms with van der Waals surface area (Å²) in [5, 5.41) is 6.16. The van der Waals surface area contributed by atoms with E-state index in [2.05, 4.69) is 54.7 Å². The van der Waals surface area contributed by atoms with Crippen molar-refractivity contribution in [2.45, 2.75) is 25.8 Å². The van der Waals surface area contributed by atoms with Gasteiger partial charge in [-0.25, -0.2) is 4.39 Å². The number of nitrogens with one attached hydrogen (secondary N) is 1. The Morgan fingerprint density at radius 2 is 1.74 bits per heavy atom. The first-order chi connectivity index (χ1) is 11.2. The van der Waals surface area contributed by atoms with Crippen LogP contribution in [0, 0.1) is 5.82 Å². The highest BCUT2D eigenvalue weighted by atomic mass is 19.1. The van der Waals surface area contributed by atoms with Crippen molar-refractivity contribution in [3.63, 3.8) is 0 Å². The van der Waals surface area contributed by atoms with Crippen molar-refractivity contribution in [2.75, 3.05) is 6.54 Å². The molecule has 0 amide bonds. The van der Waals surface area contributed by atoms with Gasteiger partial charge in [0.25, 0.3) is 0 Å². The van der Waals surface area contributed by atoms with Crippen molar-refractivity contribution in [1.82, 2.24) is 5.32 Å². The van der Waals surface area contributed by atoms with Crippen molar-refractivity contribution >= 4 is 10.8 Å². The first-order valence-corrected chi connectivity index (χ1v) is 8.19. The normalized spacial score (nSPS) is 12.4. The van der Waals surface area contributed by atoms with Gasteiger partial charge in [-0.1, -0.05) is 54.6 Å². The second-order valence-corrected chi connectivity index (χ2v) is 5.98. The molecule has 0 bridgehead atoms. The van der Waals surface area contributed by atoms with Gasteiger partial charge in [-0.3, -0.25) is 0 Å². The smallest absolute Gasteiger partial charge is 0.123 e. The summed E-state index contributed by atoms with van der Waals surface area (Å²) >= 11 is 0. The number of aryl methyl sites for hydroxylation is 1. The quantitative estimate of drug-likeness (QED) is 0.612. The molecule has 2 heteroatoms. The van der Waals surface area contributed by atoms with E-state index in [9.17, 15) is 4.39 Å². The van der Waals surface area contributed by atoms with Crippen LogP contribution >= 0.6 is 0 Å². The van der Waals surface area contributed by atoms with Crippen molar-refractivity contribution in [3.8, 4) is 0 Å². The van der Waals surface area contributed by atoms with Gasteiger partial charge < -0.3 is 5.32 Å². The molecule has 0 radical (unpaired) electrons. The maximum Gasteiger partial charge on any atom is 0.123 e. The van der Waals surface area contributed by atoms with Crippen LogP contribution in [0.3, 0.4) is 0 Å². The number of halogens is 1. The number of hydrogen-bond acceptors (Lipinski definition) is 1. The zero-order valence-corrected chi connectivity index (χ0v) is 13.4. The molecule has 1 atom stereocenters. The van der Waals surface area contributed by atoms with Gasteiger partial charge in [-0.15, -0.1) is 0 Å². The lowest BCUT2D eigenvalue weighted by molar-refractivity contribution is 0.560. The van der Waals surface area contributed by atoms with Crippen LogP contribution in [-0.2, 0) is 6.42 Å². The lowest BCUT2D eigenvalue weighted by atomic mass is 9.99. The Kier molecular flexibility index (Phi) is 5.04. The molecule has 0 heterocycles. The molecule has 1 nitrogen and oxygen atoms in total. The van der Waals surface area contributed by atoms with Gasteiger partial charge >= 0.3 is 0 Å². The molecule has 0 aliphatic heterocycles. The van der Waals surface area contributed by atoms with Gasteiger partial charge in [-0.05, 0) is 60.3 Å². The molecule has 0 fully saturated rings. The molecule has 0 saturated heterocycles. The summed E-state index contributed by atoms with van der Waals surface area (Å²) in [6, 6.07) is 22.1. The van der Waals surface area contributed by atoms with E-state index < -0.39 is 0 Å². The summed E-state index contributed by atoms with van der Waals surface area (Å²) in [5.74, 6) is -0.153. The molecule has 0 aromatic heterocycles. The molecular formula is C21H22FN. The van der Waals surface area contributed by atoms with E-state index in [1.165, 1.54) is 22.4 Å². The first kappa shape index (κ1) is 15.7. The number of fused-ring (bicyclic) bond motifs is 1. The lowest BCUT2D eigenvalue weighted by Crippen LogP contribution is -2.20. The predicted molar refractivity (Wildman–Crippen MR) is 95.1 cm³/mol. The Bertz CT molecular complexity index is 776. The monoisotopic (exact) mass is 307 g/mol. The summed E-state index contributed by atoms with van der Waals surface area (Å²) in [4.78, 5) is 0. The van der Waals surface area contributed by atoms with Gasteiger partial charge in [0.05, 0.1) is 0 Å². The van der Waals surface area contributed by atoms with Crippen LogP contribution in [0.4, 0.5) is 4.39 Å². The molecule has 0 aliphatic rings. The maximum atomic E-state index is 13.2. The lowest BCUT2D eigenvalue weighted by Gasteiger charge is -2.16. The molecule has 3 rings (SSSR count). The van der Waals surface area contributed by atoms with E-state index in [4.69, 9.17) is 0 Å². The second kappa shape index (κ2) is 7.38. The van der Waals surface area contributed by atoms with Crippen molar-refractivity contribution < 1.29 is 4.39 Å². The molecule has 3 aromatic carbocycles. The molecule has 23 heavy (non-hydrogen) atoms. The van der Waals surface area contributed by atoms with Gasteiger partial charge in [0.15, 0.2) is 0 Å². The molecular weight excluding hydrogens is 285 g/mol.